The van der Waals surface area contributed by atoms with Crippen molar-refractivity contribution in [3.05, 3.63) is 82.8 Å². The first-order valence-corrected chi connectivity index (χ1v) is 12.2. The average molecular weight is 470 g/mol. The molecule has 0 unspecified atom stereocenters. The van der Waals surface area contributed by atoms with Crippen LogP contribution in [0.5, 0.6) is 11.6 Å². The van der Waals surface area contributed by atoms with E-state index in [9.17, 15) is 12.8 Å². The van der Waals surface area contributed by atoms with Gasteiger partial charge in [0.1, 0.15) is 0 Å². The fourth-order valence-corrected chi connectivity index (χ4v) is 5.09. The Kier molecular flexibility index (Phi) is 6.20. The van der Waals surface area contributed by atoms with Crippen LogP contribution in [0.4, 0.5) is 10.3 Å². The summed E-state index contributed by atoms with van der Waals surface area (Å²) in [4.78, 5) is 8.72. The number of sulfonamides is 1. The number of hydrogen-bond acceptors (Lipinski definition) is 6. The lowest BCUT2D eigenvalue weighted by molar-refractivity contribution is 0.427. The van der Waals surface area contributed by atoms with Gasteiger partial charge in [-0.05, 0) is 35.1 Å². The van der Waals surface area contributed by atoms with Crippen molar-refractivity contribution in [2.45, 2.75) is 24.7 Å². The van der Waals surface area contributed by atoms with Gasteiger partial charge in [-0.15, -0.1) is 0 Å². The predicted molar refractivity (Wildman–Crippen MR) is 123 cm³/mol. The minimum Gasteiger partial charge on any atom is -0.436 e. The summed E-state index contributed by atoms with van der Waals surface area (Å²) in [5, 5.41) is 3.18. The Hall–Kier alpha value is -3.30. The monoisotopic (exact) mass is 469 g/mol. The number of nitrogens with one attached hydrogen (secondary N) is 1. The van der Waals surface area contributed by atoms with E-state index in [1.54, 1.807) is 23.6 Å². The maximum absolute atomic E-state index is 14.1. The van der Waals surface area contributed by atoms with Crippen molar-refractivity contribution >= 4 is 27.3 Å². The van der Waals surface area contributed by atoms with E-state index < -0.39 is 15.8 Å². The average Bonchev–Trinajstić information content (AvgIpc) is 3.31. The molecule has 2 aromatic carbocycles. The second-order valence-corrected chi connectivity index (χ2v) is 9.72. The molecule has 164 valence electrons. The molecule has 0 atom stereocenters. The molecule has 0 amide bonds. The van der Waals surface area contributed by atoms with Gasteiger partial charge in [0.05, 0.1) is 10.6 Å². The SMILES string of the molecule is CC(C)c1ccccc1-c1cc(Oc2ccccc2F)nc(NS(=O)(=O)c2ccsc2)n1. The first kappa shape index (κ1) is 21.9. The molecule has 6 nitrogen and oxygen atoms in total. The molecule has 0 saturated heterocycles. The molecule has 4 aromatic rings. The summed E-state index contributed by atoms with van der Waals surface area (Å²) in [5.74, 6) is -0.542. The number of anilines is 1. The number of nitrogens with zero attached hydrogens (tertiary/aromatic N) is 2. The van der Waals surface area contributed by atoms with Gasteiger partial charge in [0, 0.05) is 17.0 Å². The fourth-order valence-electron chi connectivity index (χ4n) is 3.12. The second kappa shape index (κ2) is 9.05. The Labute approximate surface area is 189 Å². The van der Waals surface area contributed by atoms with Gasteiger partial charge < -0.3 is 4.74 Å². The highest BCUT2D eigenvalue weighted by Gasteiger charge is 2.19. The molecule has 2 heterocycles. The first-order chi connectivity index (χ1) is 15.3. The molecule has 2 aromatic heterocycles. The Balaban J connectivity index is 1.81. The number of rotatable bonds is 7. The topological polar surface area (TPSA) is 81.2 Å². The molecule has 0 saturated carbocycles. The number of halogens is 1. The quantitative estimate of drug-likeness (QED) is 0.356. The van der Waals surface area contributed by atoms with E-state index in [2.05, 4.69) is 28.5 Å². The lowest BCUT2D eigenvalue weighted by Crippen LogP contribution is -2.15. The molecule has 0 aliphatic rings. The minimum atomic E-state index is -3.89. The van der Waals surface area contributed by atoms with E-state index in [1.807, 2.05) is 24.3 Å². The molecule has 1 N–H and O–H groups in total. The molecule has 0 radical (unpaired) electrons. The summed E-state index contributed by atoms with van der Waals surface area (Å²) in [7, 11) is -3.89. The van der Waals surface area contributed by atoms with Crippen molar-refractivity contribution in [2.24, 2.45) is 0 Å². The zero-order chi connectivity index (χ0) is 22.7. The van der Waals surface area contributed by atoms with Crippen LogP contribution in [0.1, 0.15) is 25.3 Å². The summed E-state index contributed by atoms with van der Waals surface area (Å²) in [5.41, 5.74) is 2.28. The molecule has 0 spiro atoms. The van der Waals surface area contributed by atoms with E-state index in [-0.39, 0.29) is 28.4 Å². The maximum atomic E-state index is 14.1. The molecular weight excluding hydrogens is 449 g/mol. The number of hydrogen-bond donors (Lipinski definition) is 1. The summed E-state index contributed by atoms with van der Waals surface area (Å²) in [6, 6.07) is 16.6. The smallest absolute Gasteiger partial charge is 0.265 e. The number of benzene rings is 2. The second-order valence-electron chi connectivity index (χ2n) is 7.25. The van der Waals surface area contributed by atoms with Gasteiger partial charge >= 0.3 is 0 Å². The van der Waals surface area contributed by atoms with Crippen molar-refractivity contribution in [3.8, 4) is 22.9 Å². The van der Waals surface area contributed by atoms with Crippen LogP contribution in [-0.2, 0) is 10.0 Å². The lowest BCUT2D eigenvalue weighted by Gasteiger charge is -2.15. The predicted octanol–water partition coefficient (Wildman–Crippen LogP) is 6.06. The molecule has 32 heavy (non-hydrogen) atoms. The number of thiophene rings is 1. The van der Waals surface area contributed by atoms with Gasteiger partial charge in [-0.25, -0.2) is 22.5 Å². The van der Waals surface area contributed by atoms with Crippen LogP contribution in [0, 0.1) is 5.82 Å². The third kappa shape index (κ3) is 4.79. The van der Waals surface area contributed by atoms with Gasteiger partial charge in [0.2, 0.25) is 11.8 Å². The van der Waals surface area contributed by atoms with Gasteiger partial charge in [-0.1, -0.05) is 50.2 Å². The molecule has 0 aliphatic carbocycles. The Morgan fingerprint density at radius 2 is 1.78 bits per heavy atom. The number of ether oxygens (including phenoxy) is 1. The summed E-state index contributed by atoms with van der Waals surface area (Å²) < 4.78 is 47.7. The van der Waals surface area contributed by atoms with Crippen molar-refractivity contribution in [2.75, 3.05) is 4.72 Å². The van der Waals surface area contributed by atoms with Crippen LogP contribution in [0.15, 0.2) is 76.3 Å². The minimum absolute atomic E-state index is 0.0154. The number of para-hydroxylation sites is 1. The van der Waals surface area contributed by atoms with Crippen LogP contribution in [0.3, 0.4) is 0 Å². The van der Waals surface area contributed by atoms with E-state index in [1.165, 1.54) is 34.9 Å². The molecule has 0 fully saturated rings. The molecule has 0 aliphatic heterocycles. The Bertz CT molecular complexity index is 1340. The molecule has 4 rings (SSSR count). The molecular formula is C23H20FN3O3S2. The first-order valence-electron chi connectivity index (χ1n) is 9.79. The highest BCUT2D eigenvalue weighted by atomic mass is 32.2. The van der Waals surface area contributed by atoms with E-state index in [0.717, 1.165) is 11.1 Å². The van der Waals surface area contributed by atoms with Crippen molar-refractivity contribution in [1.82, 2.24) is 9.97 Å². The summed E-state index contributed by atoms with van der Waals surface area (Å²) >= 11 is 1.26. The molecule has 0 bridgehead atoms. The number of aromatic nitrogens is 2. The maximum Gasteiger partial charge on any atom is 0.265 e. The van der Waals surface area contributed by atoms with Gasteiger partial charge in [-0.2, -0.15) is 16.3 Å². The van der Waals surface area contributed by atoms with E-state index >= 15 is 0 Å². The van der Waals surface area contributed by atoms with Gasteiger partial charge in [-0.3, -0.25) is 0 Å². The van der Waals surface area contributed by atoms with Crippen LogP contribution in [-0.4, -0.2) is 18.4 Å². The van der Waals surface area contributed by atoms with E-state index in [4.69, 9.17) is 4.74 Å². The van der Waals surface area contributed by atoms with Crippen LogP contribution in [0.2, 0.25) is 0 Å². The van der Waals surface area contributed by atoms with Gasteiger partial charge in [0.15, 0.2) is 11.6 Å². The Morgan fingerprint density at radius 3 is 2.50 bits per heavy atom. The Morgan fingerprint density at radius 1 is 1.03 bits per heavy atom. The van der Waals surface area contributed by atoms with Crippen LogP contribution in [0.25, 0.3) is 11.3 Å². The van der Waals surface area contributed by atoms with Crippen molar-refractivity contribution < 1.29 is 17.5 Å². The third-order valence-corrected chi connectivity index (χ3v) is 6.80. The normalized spacial score (nSPS) is 11.5. The zero-order valence-corrected chi connectivity index (χ0v) is 19.0. The van der Waals surface area contributed by atoms with Crippen LogP contribution < -0.4 is 9.46 Å². The van der Waals surface area contributed by atoms with Gasteiger partial charge in [0.25, 0.3) is 10.0 Å². The summed E-state index contributed by atoms with van der Waals surface area (Å²) in [6.45, 7) is 4.11. The van der Waals surface area contributed by atoms with Crippen molar-refractivity contribution in [1.29, 1.82) is 0 Å². The molecule has 9 heteroatoms. The highest BCUT2D eigenvalue weighted by molar-refractivity contribution is 7.92. The fraction of sp³-hybridized carbons (Fsp3) is 0.130. The van der Waals surface area contributed by atoms with E-state index in [0.29, 0.717) is 5.69 Å². The summed E-state index contributed by atoms with van der Waals surface area (Å²) in [6.07, 6.45) is 0. The standard InChI is InChI=1S/C23H20FN3O3S2/c1-15(2)17-7-3-4-8-18(17)20-13-22(30-21-10-6-5-9-19(21)24)26-23(25-20)27-32(28,29)16-11-12-31-14-16/h3-15H,1-2H3,(H,25,26,27). The zero-order valence-electron chi connectivity index (χ0n) is 17.3. The lowest BCUT2D eigenvalue weighted by atomic mass is 9.95. The van der Waals surface area contributed by atoms with Crippen LogP contribution >= 0.6 is 11.3 Å². The third-order valence-electron chi connectivity index (χ3n) is 4.64. The highest BCUT2D eigenvalue weighted by Crippen LogP contribution is 2.32. The largest absolute Gasteiger partial charge is 0.436 e. The van der Waals surface area contributed by atoms with Crippen molar-refractivity contribution in [3.63, 3.8) is 0 Å².